The van der Waals surface area contributed by atoms with Crippen LogP contribution in [-0.2, 0) is 4.79 Å². The first-order valence-corrected chi connectivity index (χ1v) is 7.26. The minimum Gasteiger partial charge on any atom is -0.497 e. The third-order valence-electron chi connectivity index (χ3n) is 2.51. The number of carbonyl (C=O) groups excluding carboxylic acids is 1. The van der Waals surface area contributed by atoms with E-state index in [9.17, 15) is 4.79 Å². The molecule has 6 heteroatoms. The van der Waals surface area contributed by atoms with Gasteiger partial charge in [-0.15, -0.1) is 0 Å². The molecule has 0 saturated heterocycles. The zero-order valence-corrected chi connectivity index (χ0v) is 12.3. The van der Waals surface area contributed by atoms with E-state index in [0.29, 0.717) is 0 Å². The maximum absolute atomic E-state index is 11.6. The summed E-state index contributed by atoms with van der Waals surface area (Å²) in [5, 5.41) is 4.72. The summed E-state index contributed by atoms with van der Waals surface area (Å²) in [5.74, 6) is 0.884. The van der Waals surface area contributed by atoms with Crippen LogP contribution in [0.4, 0.5) is 0 Å². The summed E-state index contributed by atoms with van der Waals surface area (Å²) in [7, 11) is 1.61. The maximum Gasteiger partial charge on any atom is 0.250 e. The van der Waals surface area contributed by atoms with Gasteiger partial charge in [0.25, 0.3) is 0 Å². The summed E-state index contributed by atoms with van der Waals surface area (Å²) in [6, 6.07) is 13.0. The second-order valence-corrected chi connectivity index (χ2v) is 5.02. The summed E-state index contributed by atoms with van der Waals surface area (Å²) in [6.45, 7) is 0. The van der Waals surface area contributed by atoms with Crippen LogP contribution in [0.15, 0.2) is 58.8 Å². The van der Waals surface area contributed by atoms with E-state index in [1.807, 2.05) is 42.5 Å². The van der Waals surface area contributed by atoms with E-state index in [4.69, 9.17) is 4.74 Å². The molecule has 0 aliphatic carbocycles. The van der Waals surface area contributed by atoms with Gasteiger partial charge in [-0.3, -0.25) is 4.79 Å². The topological polar surface area (TPSA) is 63.6 Å². The highest BCUT2D eigenvalue weighted by atomic mass is 32.2. The van der Waals surface area contributed by atoms with Gasteiger partial charge in [0, 0.05) is 6.20 Å². The third-order valence-corrected chi connectivity index (χ3v) is 3.45. The molecule has 2 rings (SSSR count). The van der Waals surface area contributed by atoms with E-state index in [0.717, 1.165) is 16.3 Å². The Kier molecular flexibility index (Phi) is 5.78. The SMILES string of the molecule is COc1ccc(/C=N\NC(=O)CSc2ccccn2)cc1. The Balaban J connectivity index is 1.76. The standard InChI is InChI=1S/C15H15N3O2S/c1-20-13-7-5-12(6-8-13)10-17-18-14(19)11-21-15-4-2-3-9-16-15/h2-10H,11H2,1H3,(H,18,19)/b17-10-. The zero-order valence-electron chi connectivity index (χ0n) is 11.5. The van der Waals surface area contributed by atoms with Crippen molar-refractivity contribution in [1.29, 1.82) is 0 Å². The number of benzene rings is 1. The lowest BCUT2D eigenvalue weighted by Crippen LogP contribution is -2.19. The van der Waals surface area contributed by atoms with Crippen LogP contribution in [0.5, 0.6) is 5.75 Å². The average Bonchev–Trinajstić information content (AvgIpc) is 2.54. The van der Waals surface area contributed by atoms with E-state index in [1.165, 1.54) is 11.8 Å². The molecule has 0 atom stereocenters. The van der Waals surface area contributed by atoms with Gasteiger partial charge in [0.1, 0.15) is 5.75 Å². The number of hydrogen-bond acceptors (Lipinski definition) is 5. The van der Waals surface area contributed by atoms with Crippen LogP contribution in [0.25, 0.3) is 0 Å². The zero-order chi connectivity index (χ0) is 14.9. The Morgan fingerprint density at radius 1 is 1.33 bits per heavy atom. The van der Waals surface area contributed by atoms with Crippen LogP contribution in [0.1, 0.15) is 5.56 Å². The molecule has 0 fully saturated rings. The second kappa shape index (κ2) is 8.06. The highest BCUT2D eigenvalue weighted by molar-refractivity contribution is 7.99. The summed E-state index contributed by atoms with van der Waals surface area (Å²) in [5.41, 5.74) is 3.36. The van der Waals surface area contributed by atoms with Crippen molar-refractivity contribution < 1.29 is 9.53 Å². The molecule has 1 heterocycles. The van der Waals surface area contributed by atoms with Crippen molar-refractivity contribution in [3.63, 3.8) is 0 Å². The number of aromatic nitrogens is 1. The Morgan fingerprint density at radius 2 is 2.14 bits per heavy atom. The number of thioether (sulfide) groups is 1. The van der Waals surface area contributed by atoms with Crippen LogP contribution in [0.3, 0.4) is 0 Å². The van der Waals surface area contributed by atoms with Gasteiger partial charge in [0.2, 0.25) is 5.91 Å². The number of nitrogens with one attached hydrogen (secondary N) is 1. The van der Waals surface area contributed by atoms with E-state index in [1.54, 1.807) is 19.5 Å². The summed E-state index contributed by atoms with van der Waals surface area (Å²) >= 11 is 1.37. The molecular weight excluding hydrogens is 286 g/mol. The molecule has 1 aromatic carbocycles. The lowest BCUT2D eigenvalue weighted by Gasteiger charge is -2.00. The monoisotopic (exact) mass is 301 g/mol. The molecule has 0 radical (unpaired) electrons. The van der Waals surface area contributed by atoms with Gasteiger partial charge >= 0.3 is 0 Å². The molecular formula is C15H15N3O2S. The molecule has 0 aliphatic heterocycles. The van der Waals surface area contributed by atoms with E-state index < -0.39 is 0 Å². The predicted octanol–water partition coefficient (Wildman–Crippen LogP) is 2.33. The first kappa shape index (κ1) is 15.1. The number of carbonyl (C=O) groups is 1. The van der Waals surface area contributed by atoms with Crippen molar-refractivity contribution in [1.82, 2.24) is 10.4 Å². The van der Waals surface area contributed by atoms with Crippen molar-refractivity contribution in [2.75, 3.05) is 12.9 Å². The number of nitrogens with zero attached hydrogens (tertiary/aromatic N) is 2. The normalized spacial score (nSPS) is 10.5. The quantitative estimate of drug-likeness (QED) is 0.505. The number of rotatable bonds is 6. The number of methoxy groups -OCH3 is 1. The molecule has 21 heavy (non-hydrogen) atoms. The number of ether oxygens (including phenoxy) is 1. The smallest absolute Gasteiger partial charge is 0.250 e. The molecule has 0 unspecified atom stereocenters. The van der Waals surface area contributed by atoms with Gasteiger partial charge in [0.15, 0.2) is 0 Å². The predicted molar refractivity (Wildman–Crippen MR) is 83.7 cm³/mol. The van der Waals surface area contributed by atoms with Crippen molar-refractivity contribution in [3.8, 4) is 5.75 Å². The molecule has 108 valence electrons. The summed E-state index contributed by atoms with van der Waals surface area (Å²) < 4.78 is 5.06. The van der Waals surface area contributed by atoms with Crippen LogP contribution >= 0.6 is 11.8 Å². The lowest BCUT2D eigenvalue weighted by atomic mass is 10.2. The molecule has 0 bridgehead atoms. The largest absolute Gasteiger partial charge is 0.497 e. The van der Waals surface area contributed by atoms with Crippen LogP contribution in [0.2, 0.25) is 0 Å². The van der Waals surface area contributed by atoms with Crippen molar-refractivity contribution in [3.05, 3.63) is 54.2 Å². The van der Waals surface area contributed by atoms with Crippen LogP contribution in [-0.4, -0.2) is 30.0 Å². The molecule has 1 aromatic heterocycles. The number of hydrogen-bond donors (Lipinski definition) is 1. The summed E-state index contributed by atoms with van der Waals surface area (Å²) in [4.78, 5) is 15.7. The fraction of sp³-hybridized carbons (Fsp3) is 0.133. The molecule has 1 amide bonds. The van der Waals surface area contributed by atoms with Crippen molar-refractivity contribution in [2.45, 2.75) is 5.03 Å². The Hall–Kier alpha value is -2.34. The van der Waals surface area contributed by atoms with E-state index in [-0.39, 0.29) is 11.7 Å². The van der Waals surface area contributed by atoms with Gasteiger partial charge in [-0.25, -0.2) is 10.4 Å². The first-order chi connectivity index (χ1) is 10.3. The Morgan fingerprint density at radius 3 is 2.81 bits per heavy atom. The molecule has 0 spiro atoms. The Bertz CT molecular complexity index is 600. The fourth-order valence-corrected chi connectivity index (χ4v) is 2.13. The van der Waals surface area contributed by atoms with Gasteiger partial charge in [0.05, 0.1) is 24.1 Å². The minimum absolute atomic E-state index is 0.171. The van der Waals surface area contributed by atoms with E-state index >= 15 is 0 Å². The average molecular weight is 301 g/mol. The molecule has 0 saturated carbocycles. The first-order valence-electron chi connectivity index (χ1n) is 6.28. The van der Waals surface area contributed by atoms with Gasteiger partial charge in [-0.2, -0.15) is 5.10 Å². The molecule has 5 nitrogen and oxygen atoms in total. The molecule has 0 aliphatic rings. The number of hydrazone groups is 1. The van der Waals surface area contributed by atoms with Crippen LogP contribution < -0.4 is 10.2 Å². The van der Waals surface area contributed by atoms with Gasteiger partial charge in [-0.1, -0.05) is 17.8 Å². The van der Waals surface area contributed by atoms with Crippen molar-refractivity contribution in [2.24, 2.45) is 5.10 Å². The number of amides is 1. The van der Waals surface area contributed by atoms with Crippen molar-refractivity contribution >= 4 is 23.9 Å². The Labute approximate surface area is 127 Å². The minimum atomic E-state index is -0.171. The molecule has 1 N–H and O–H groups in total. The summed E-state index contributed by atoms with van der Waals surface area (Å²) in [6.07, 6.45) is 3.28. The maximum atomic E-state index is 11.6. The fourth-order valence-electron chi connectivity index (χ4n) is 1.47. The highest BCUT2D eigenvalue weighted by Crippen LogP contribution is 2.13. The molecule has 2 aromatic rings. The number of pyridine rings is 1. The highest BCUT2D eigenvalue weighted by Gasteiger charge is 2.01. The van der Waals surface area contributed by atoms with E-state index in [2.05, 4.69) is 15.5 Å². The second-order valence-electron chi connectivity index (χ2n) is 4.02. The third kappa shape index (κ3) is 5.27. The van der Waals surface area contributed by atoms with Gasteiger partial charge < -0.3 is 4.74 Å². The van der Waals surface area contributed by atoms with Gasteiger partial charge in [-0.05, 0) is 42.0 Å². The van der Waals surface area contributed by atoms with Crippen LogP contribution in [0, 0.1) is 0 Å². The lowest BCUT2D eigenvalue weighted by molar-refractivity contribution is -0.118.